The Bertz CT molecular complexity index is 260. The van der Waals surface area contributed by atoms with Gasteiger partial charge in [-0.1, -0.05) is 0 Å². The highest BCUT2D eigenvalue weighted by molar-refractivity contribution is 6.41. The summed E-state index contributed by atoms with van der Waals surface area (Å²) in [7, 11) is 0. The van der Waals surface area contributed by atoms with Crippen molar-refractivity contribution in [3.63, 3.8) is 0 Å². The van der Waals surface area contributed by atoms with Crippen LogP contribution in [0.25, 0.3) is 0 Å². The molecule has 0 aromatic carbocycles. The number of carbonyl (C=O) groups excluding carboxylic acids is 2. The fourth-order valence-corrected chi connectivity index (χ4v) is 1.05. The number of carbonyl (C=O) groups is 2. The Morgan fingerprint density at radius 2 is 2.31 bits per heavy atom. The van der Waals surface area contributed by atoms with Gasteiger partial charge in [-0.15, -0.1) is 0 Å². The van der Waals surface area contributed by atoms with E-state index >= 15 is 0 Å². The summed E-state index contributed by atoms with van der Waals surface area (Å²) >= 11 is 0. The fourth-order valence-electron chi connectivity index (χ4n) is 1.05. The summed E-state index contributed by atoms with van der Waals surface area (Å²) in [6.07, 6.45) is 0.0622. The smallest absolute Gasteiger partial charge is 0.355 e. The number of nitrogens with zero attached hydrogens (tertiary/aromatic N) is 2. The lowest BCUT2D eigenvalue weighted by atomic mass is 10.3. The number of amides is 1. The van der Waals surface area contributed by atoms with Gasteiger partial charge in [-0.2, -0.15) is 5.10 Å². The van der Waals surface area contributed by atoms with Crippen molar-refractivity contribution in [2.75, 3.05) is 13.2 Å². The van der Waals surface area contributed by atoms with Gasteiger partial charge >= 0.3 is 5.97 Å². The van der Waals surface area contributed by atoms with Gasteiger partial charge in [0.1, 0.15) is 0 Å². The second-order valence-electron chi connectivity index (χ2n) is 2.55. The monoisotopic (exact) mass is 184 g/mol. The van der Waals surface area contributed by atoms with E-state index in [4.69, 9.17) is 4.74 Å². The van der Waals surface area contributed by atoms with Crippen molar-refractivity contribution in [2.45, 2.75) is 20.3 Å². The molecule has 1 amide bonds. The van der Waals surface area contributed by atoms with Crippen LogP contribution in [0, 0.1) is 0 Å². The molecule has 0 saturated heterocycles. The molecule has 0 saturated carbocycles. The highest BCUT2D eigenvalue weighted by atomic mass is 16.5. The van der Waals surface area contributed by atoms with Crippen LogP contribution in [0.4, 0.5) is 0 Å². The van der Waals surface area contributed by atoms with Crippen LogP contribution < -0.4 is 0 Å². The predicted octanol–water partition coefficient (Wildman–Crippen LogP) is 0.158. The fraction of sp³-hybridized carbons (Fsp3) is 0.625. The first kappa shape index (κ1) is 9.70. The normalized spacial score (nSPS) is 16.0. The van der Waals surface area contributed by atoms with E-state index in [0.29, 0.717) is 13.2 Å². The van der Waals surface area contributed by atoms with Crippen LogP contribution in [0.1, 0.15) is 20.3 Å². The first-order chi connectivity index (χ1) is 6.19. The van der Waals surface area contributed by atoms with Gasteiger partial charge in [0.05, 0.1) is 13.0 Å². The summed E-state index contributed by atoms with van der Waals surface area (Å²) in [6.45, 7) is 4.31. The molecule has 0 aromatic rings. The highest BCUT2D eigenvalue weighted by Gasteiger charge is 2.27. The Balaban J connectivity index is 2.63. The minimum atomic E-state index is -0.494. The van der Waals surface area contributed by atoms with E-state index in [1.807, 2.05) is 0 Å². The summed E-state index contributed by atoms with van der Waals surface area (Å²) in [5.41, 5.74) is 0.203. The summed E-state index contributed by atoms with van der Waals surface area (Å²) in [5.74, 6) is -0.641. The molecule has 13 heavy (non-hydrogen) atoms. The van der Waals surface area contributed by atoms with Crippen LogP contribution in [0.15, 0.2) is 5.10 Å². The molecule has 0 aliphatic carbocycles. The molecule has 5 heteroatoms. The van der Waals surface area contributed by atoms with Gasteiger partial charge in [0, 0.05) is 6.54 Å². The Morgan fingerprint density at radius 1 is 1.62 bits per heavy atom. The van der Waals surface area contributed by atoms with Crippen LogP contribution in [-0.2, 0) is 14.3 Å². The second kappa shape index (κ2) is 4.02. The number of ether oxygens (including phenoxy) is 1. The summed E-state index contributed by atoms with van der Waals surface area (Å²) in [5, 5.41) is 5.10. The van der Waals surface area contributed by atoms with Crippen LogP contribution in [-0.4, -0.2) is 35.7 Å². The van der Waals surface area contributed by atoms with E-state index in [9.17, 15) is 9.59 Å². The third-order valence-electron chi connectivity index (χ3n) is 1.66. The number of hydrazone groups is 1. The molecule has 1 aliphatic rings. The Kier molecular flexibility index (Phi) is 3.00. The Hall–Kier alpha value is -1.39. The van der Waals surface area contributed by atoms with E-state index < -0.39 is 5.97 Å². The molecular weight excluding hydrogens is 172 g/mol. The highest BCUT2D eigenvalue weighted by Crippen LogP contribution is 2.08. The molecule has 0 bridgehead atoms. The van der Waals surface area contributed by atoms with E-state index in [1.54, 1.807) is 13.8 Å². The predicted molar refractivity (Wildman–Crippen MR) is 46.1 cm³/mol. The van der Waals surface area contributed by atoms with Gasteiger partial charge in [0.2, 0.25) is 5.91 Å². The maximum absolute atomic E-state index is 11.1. The van der Waals surface area contributed by atoms with Crippen LogP contribution >= 0.6 is 0 Å². The average molecular weight is 184 g/mol. The number of hydrogen-bond acceptors (Lipinski definition) is 4. The molecule has 0 unspecified atom stereocenters. The minimum Gasteiger partial charge on any atom is -0.461 e. The topological polar surface area (TPSA) is 59.0 Å². The zero-order valence-electron chi connectivity index (χ0n) is 7.74. The lowest BCUT2D eigenvalue weighted by molar-refractivity contribution is -0.135. The Morgan fingerprint density at radius 3 is 2.77 bits per heavy atom. The zero-order chi connectivity index (χ0) is 9.84. The maximum atomic E-state index is 11.1. The molecule has 5 nitrogen and oxygen atoms in total. The standard InChI is InChI=1S/C8H12N2O3/c1-3-10-7(11)5-6(9-10)8(12)13-4-2/h3-5H2,1-2H3. The number of esters is 1. The van der Waals surface area contributed by atoms with Crippen molar-refractivity contribution in [1.82, 2.24) is 5.01 Å². The zero-order valence-corrected chi connectivity index (χ0v) is 7.74. The molecular formula is C8H12N2O3. The van der Waals surface area contributed by atoms with E-state index in [1.165, 1.54) is 5.01 Å². The molecule has 1 aliphatic heterocycles. The van der Waals surface area contributed by atoms with Crippen molar-refractivity contribution in [1.29, 1.82) is 0 Å². The maximum Gasteiger partial charge on any atom is 0.355 e. The molecule has 72 valence electrons. The van der Waals surface area contributed by atoms with Crippen molar-refractivity contribution in [3.05, 3.63) is 0 Å². The van der Waals surface area contributed by atoms with E-state index in [2.05, 4.69) is 5.10 Å². The van der Waals surface area contributed by atoms with E-state index in [0.717, 1.165) is 0 Å². The first-order valence-corrected chi connectivity index (χ1v) is 4.24. The third-order valence-corrected chi connectivity index (χ3v) is 1.66. The van der Waals surface area contributed by atoms with Crippen molar-refractivity contribution < 1.29 is 14.3 Å². The number of hydrogen-bond donors (Lipinski definition) is 0. The Labute approximate surface area is 76.3 Å². The quantitative estimate of drug-likeness (QED) is 0.587. The van der Waals surface area contributed by atoms with Gasteiger partial charge in [0.25, 0.3) is 0 Å². The lowest BCUT2D eigenvalue weighted by Crippen LogP contribution is -2.20. The molecule has 0 N–H and O–H groups in total. The summed E-state index contributed by atoms with van der Waals surface area (Å²) < 4.78 is 4.72. The number of rotatable bonds is 3. The molecule has 1 heterocycles. The summed E-state index contributed by atoms with van der Waals surface area (Å²) in [4.78, 5) is 22.2. The molecule has 0 spiro atoms. The van der Waals surface area contributed by atoms with Crippen LogP contribution in [0.3, 0.4) is 0 Å². The van der Waals surface area contributed by atoms with Crippen molar-refractivity contribution in [3.8, 4) is 0 Å². The van der Waals surface area contributed by atoms with Crippen molar-refractivity contribution in [2.24, 2.45) is 5.10 Å². The van der Waals surface area contributed by atoms with Gasteiger partial charge in [-0.25, -0.2) is 9.80 Å². The molecule has 0 atom stereocenters. The van der Waals surface area contributed by atoms with Gasteiger partial charge in [0.15, 0.2) is 5.71 Å². The third kappa shape index (κ3) is 2.05. The first-order valence-electron chi connectivity index (χ1n) is 4.24. The van der Waals surface area contributed by atoms with Crippen LogP contribution in [0.5, 0.6) is 0 Å². The van der Waals surface area contributed by atoms with Gasteiger partial charge in [-0.05, 0) is 13.8 Å². The second-order valence-corrected chi connectivity index (χ2v) is 2.55. The lowest BCUT2D eigenvalue weighted by Gasteiger charge is -2.05. The van der Waals surface area contributed by atoms with Crippen LogP contribution in [0.2, 0.25) is 0 Å². The van der Waals surface area contributed by atoms with E-state index in [-0.39, 0.29) is 18.0 Å². The summed E-state index contributed by atoms with van der Waals surface area (Å²) in [6, 6.07) is 0. The SMILES string of the molecule is CCOC(=O)C1=NN(CC)C(=O)C1. The molecule has 0 radical (unpaired) electrons. The molecule has 1 rings (SSSR count). The minimum absolute atomic E-state index is 0.0622. The largest absolute Gasteiger partial charge is 0.461 e. The van der Waals surface area contributed by atoms with Gasteiger partial charge in [-0.3, -0.25) is 4.79 Å². The average Bonchev–Trinajstić information content (AvgIpc) is 2.47. The molecule has 0 aromatic heterocycles. The van der Waals surface area contributed by atoms with Crippen molar-refractivity contribution >= 4 is 17.6 Å². The molecule has 0 fully saturated rings. The van der Waals surface area contributed by atoms with Gasteiger partial charge < -0.3 is 4.74 Å².